The molecule has 1 saturated carbocycles. The maximum Gasteiger partial charge on any atom is 0.224 e. The SMILES string of the molecule is CCC=CCC(=O)NC(Cc1cc(F)cc(F)c1)C(O)CNC1(c2cccc(C(C)(C)C)c2)CCCCC1. The Hall–Kier alpha value is -2.57. The van der Waals surface area contributed by atoms with Gasteiger partial charge in [0, 0.05) is 24.6 Å². The lowest BCUT2D eigenvalue weighted by Gasteiger charge is -2.41. The van der Waals surface area contributed by atoms with Gasteiger partial charge >= 0.3 is 0 Å². The van der Waals surface area contributed by atoms with E-state index in [4.69, 9.17) is 0 Å². The van der Waals surface area contributed by atoms with Gasteiger partial charge in [-0.15, -0.1) is 0 Å². The molecule has 0 spiro atoms. The summed E-state index contributed by atoms with van der Waals surface area (Å²) in [5.41, 5.74) is 2.62. The van der Waals surface area contributed by atoms with Crippen molar-refractivity contribution in [3.05, 3.63) is 82.9 Å². The molecule has 2 unspecified atom stereocenters. The van der Waals surface area contributed by atoms with E-state index in [1.807, 2.05) is 13.0 Å². The minimum Gasteiger partial charge on any atom is -0.390 e. The van der Waals surface area contributed by atoms with Crippen LogP contribution in [0.4, 0.5) is 8.78 Å². The summed E-state index contributed by atoms with van der Waals surface area (Å²) in [5.74, 6) is -1.59. The van der Waals surface area contributed by atoms with Gasteiger partial charge in [-0.1, -0.05) is 83.4 Å². The number of aliphatic hydroxyl groups is 1. The van der Waals surface area contributed by atoms with Gasteiger partial charge in [0.15, 0.2) is 0 Å². The van der Waals surface area contributed by atoms with E-state index in [2.05, 4.69) is 55.7 Å². The Morgan fingerprint density at radius 2 is 1.74 bits per heavy atom. The molecule has 38 heavy (non-hydrogen) atoms. The third kappa shape index (κ3) is 8.47. The lowest BCUT2D eigenvalue weighted by atomic mass is 9.74. The lowest BCUT2D eigenvalue weighted by Crippen LogP contribution is -2.53. The monoisotopic (exact) mass is 526 g/mol. The highest BCUT2D eigenvalue weighted by Gasteiger charge is 2.35. The van der Waals surface area contributed by atoms with E-state index in [0.29, 0.717) is 5.56 Å². The molecule has 208 valence electrons. The number of allylic oxidation sites excluding steroid dienone is 1. The molecule has 1 amide bonds. The molecule has 0 aliphatic heterocycles. The highest BCUT2D eigenvalue weighted by atomic mass is 19.1. The summed E-state index contributed by atoms with van der Waals surface area (Å²) in [6, 6.07) is 11.3. The second-order valence-electron chi connectivity index (χ2n) is 11.7. The normalized spacial score (nSPS) is 17.3. The summed E-state index contributed by atoms with van der Waals surface area (Å²) in [5, 5.41) is 17.9. The maximum absolute atomic E-state index is 13.9. The average molecular weight is 527 g/mol. The van der Waals surface area contributed by atoms with Crippen molar-refractivity contribution >= 4 is 5.91 Å². The number of halogens is 2. The predicted octanol–water partition coefficient (Wildman–Crippen LogP) is 6.46. The zero-order valence-corrected chi connectivity index (χ0v) is 23.3. The fraction of sp³-hybridized carbons (Fsp3) is 0.531. The van der Waals surface area contributed by atoms with Gasteiger partial charge in [0.05, 0.1) is 12.1 Å². The van der Waals surface area contributed by atoms with Crippen LogP contribution in [0.1, 0.15) is 89.3 Å². The number of hydrogen-bond acceptors (Lipinski definition) is 3. The fourth-order valence-electron chi connectivity index (χ4n) is 5.34. The lowest BCUT2D eigenvalue weighted by molar-refractivity contribution is -0.121. The molecule has 0 heterocycles. The van der Waals surface area contributed by atoms with Crippen molar-refractivity contribution in [1.82, 2.24) is 10.6 Å². The van der Waals surface area contributed by atoms with Crippen LogP contribution in [0.3, 0.4) is 0 Å². The van der Waals surface area contributed by atoms with Crippen molar-refractivity contribution in [2.45, 2.75) is 102 Å². The maximum atomic E-state index is 13.9. The van der Waals surface area contributed by atoms with Crippen molar-refractivity contribution in [3.63, 3.8) is 0 Å². The summed E-state index contributed by atoms with van der Waals surface area (Å²) in [7, 11) is 0. The zero-order valence-electron chi connectivity index (χ0n) is 23.3. The Morgan fingerprint density at radius 3 is 2.37 bits per heavy atom. The van der Waals surface area contributed by atoms with E-state index in [1.54, 1.807) is 6.08 Å². The third-order valence-electron chi connectivity index (χ3n) is 7.53. The molecule has 6 heteroatoms. The molecule has 0 saturated heterocycles. The van der Waals surface area contributed by atoms with Gasteiger partial charge in [0.1, 0.15) is 11.6 Å². The second kappa shape index (κ2) is 13.5. The fourth-order valence-corrected chi connectivity index (χ4v) is 5.34. The quantitative estimate of drug-likeness (QED) is 0.295. The number of benzene rings is 2. The standard InChI is InChI=1S/C32H44F2N2O2/c1-5-6-8-14-30(38)36-28(19-23-17-26(33)21-27(34)18-23)29(37)22-35-32(15-9-7-10-16-32)25-13-11-12-24(20-25)31(2,3)4/h6,8,11-13,17-18,20-21,28-29,35,37H,5,7,9-10,14-16,19,22H2,1-4H3,(H,36,38). The van der Waals surface area contributed by atoms with Crippen LogP contribution < -0.4 is 10.6 Å². The first-order chi connectivity index (χ1) is 18.0. The summed E-state index contributed by atoms with van der Waals surface area (Å²) < 4.78 is 27.8. The minimum atomic E-state index is -0.954. The first kappa shape index (κ1) is 30.0. The predicted molar refractivity (Wildman–Crippen MR) is 150 cm³/mol. The van der Waals surface area contributed by atoms with Crippen LogP contribution in [-0.4, -0.2) is 29.7 Å². The van der Waals surface area contributed by atoms with Crippen molar-refractivity contribution < 1.29 is 18.7 Å². The molecule has 0 bridgehead atoms. The van der Waals surface area contributed by atoms with Crippen LogP contribution in [0.25, 0.3) is 0 Å². The highest BCUT2D eigenvalue weighted by molar-refractivity contribution is 5.77. The van der Waals surface area contributed by atoms with Gasteiger partial charge in [0.2, 0.25) is 5.91 Å². The molecule has 2 atom stereocenters. The van der Waals surface area contributed by atoms with E-state index in [-0.39, 0.29) is 36.2 Å². The number of aliphatic hydroxyl groups excluding tert-OH is 1. The van der Waals surface area contributed by atoms with Gasteiger partial charge in [-0.2, -0.15) is 0 Å². The van der Waals surface area contributed by atoms with Crippen LogP contribution in [0.15, 0.2) is 54.6 Å². The Balaban J connectivity index is 1.82. The Kier molecular flexibility index (Phi) is 10.6. The van der Waals surface area contributed by atoms with E-state index in [0.717, 1.165) is 38.2 Å². The first-order valence-corrected chi connectivity index (χ1v) is 14.0. The minimum absolute atomic E-state index is 0.0210. The summed E-state index contributed by atoms with van der Waals surface area (Å²) in [4.78, 5) is 12.6. The smallest absolute Gasteiger partial charge is 0.224 e. The Labute approximate surface area is 226 Å². The number of nitrogens with one attached hydrogen (secondary N) is 2. The Bertz CT molecular complexity index is 1070. The molecule has 4 nitrogen and oxygen atoms in total. The first-order valence-electron chi connectivity index (χ1n) is 14.0. The van der Waals surface area contributed by atoms with Crippen LogP contribution in [-0.2, 0) is 22.2 Å². The average Bonchev–Trinajstić information content (AvgIpc) is 2.86. The number of hydrogen-bond donors (Lipinski definition) is 3. The largest absolute Gasteiger partial charge is 0.390 e. The zero-order chi connectivity index (χ0) is 27.8. The topological polar surface area (TPSA) is 61.4 Å². The van der Waals surface area contributed by atoms with Crippen molar-refractivity contribution in [2.24, 2.45) is 0 Å². The number of carbonyl (C=O) groups excluding carboxylic acids is 1. The molecule has 2 aromatic carbocycles. The van der Waals surface area contributed by atoms with E-state index in [1.165, 1.54) is 29.7 Å². The van der Waals surface area contributed by atoms with Gasteiger partial charge in [-0.05, 0) is 59.9 Å². The molecule has 0 aromatic heterocycles. The number of carbonyl (C=O) groups is 1. The number of rotatable bonds is 11. The molecule has 0 radical (unpaired) electrons. The van der Waals surface area contributed by atoms with E-state index < -0.39 is 23.8 Å². The van der Waals surface area contributed by atoms with Crippen molar-refractivity contribution in [2.75, 3.05) is 6.54 Å². The molecule has 3 rings (SSSR count). The second-order valence-corrected chi connectivity index (χ2v) is 11.7. The van der Waals surface area contributed by atoms with Crippen molar-refractivity contribution in [1.29, 1.82) is 0 Å². The molecule has 1 aliphatic carbocycles. The third-order valence-corrected chi connectivity index (χ3v) is 7.53. The molecule has 1 aliphatic rings. The van der Waals surface area contributed by atoms with Crippen LogP contribution in [0.5, 0.6) is 0 Å². The molecular weight excluding hydrogens is 482 g/mol. The molecule has 3 N–H and O–H groups in total. The van der Waals surface area contributed by atoms with Gasteiger partial charge < -0.3 is 15.7 Å². The Morgan fingerprint density at radius 1 is 1.05 bits per heavy atom. The molecule has 2 aromatic rings. The van der Waals surface area contributed by atoms with Crippen LogP contribution >= 0.6 is 0 Å². The summed E-state index contributed by atoms with van der Waals surface area (Å²) >= 11 is 0. The van der Waals surface area contributed by atoms with E-state index in [9.17, 15) is 18.7 Å². The summed E-state index contributed by atoms with van der Waals surface area (Å²) in [6.07, 6.45) is 9.16. The summed E-state index contributed by atoms with van der Waals surface area (Å²) in [6.45, 7) is 8.84. The van der Waals surface area contributed by atoms with Gasteiger partial charge in [0.25, 0.3) is 0 Å². The number of amides is 1. The van der Waals surface area contributed by atoms with E-state index >= 15 is 0 Å². The van der Waals surface area contributed by atoms with Crippen LogP contribution in [0.2, 0.25) is 0 Å². The highest BCUT2D eigenvalue weighted by Crippen LogP contribution is 2.38. The van der Waals surface area contributed by atoms with Gasteiger partial charge in [-0.25, -0.2) is 8.78 Å². The molecule has 1 fully saturated rings. The molecular formula is C32H44F2N2O2. The van der Waals surface area contributed by atoms with Crippen LogP contribution in [0, 0.1) is 11.6 Å². The van der Waals surface area contributed by atoms with Gasteiger partial charge in [-0.3, -0.25) is 4.79 Å². The van der Waals surface area contributed by atoms with Crippen molar-refractivity contribution in [3.8, 4) is 0 Å².